The van der Waals surface area contributed by atoms with Crippen LogP contribution in [0, 0.1) is 0 Å². The number of halogens is 1. The Bertz CT molecular complexity index is 87.0. The molecule has 0 aromatic rings. The third-order valence-corrected chi connectivity index (χ3v) is 1.88. The molecule has 0 saturated carbocycles. The van der Waals surface area contributed by atoms with E-state index in [2.05, 4.69) is 20.1 Å². The smallest absolute Gasteiger partial charge is 0.328 e. The lowest BCUT2D eigenvalue weighted by Crippen LogP contribution is -1.99. The van der Waals surface area contributed by atoms with Crippen molar-refractivity contribution in [1.82, 2.24) is 0 Å². The minimum atomic E-state index is -0.214. The second-order valence-electron chi connectivity index (χ2n) is 1.41. The van der Waals surface area contributed by atoms with E-state index in [0.29, 0.717) is 0 Å². The Hall–Kier alpha value is 0.300. The highest BCUT2D eigenvalue weighted by molar-refractivity contribution is 9.09. The van der Waals surface area contributed by atoms with Gasteiger partial charge in [-0.15, -0.1) is 0 Å². The maximum Gasteiger partial charge on any atom is 0.328 e. The molecule has 9 heavy (non-hydrogen) atoms. The molecule has 0 saturated heterocycles. The second kappa shape index (κ2) is 6.42. The Morgan fingerprint density at radius 2 is 2.44 bits per heavy atom. The monoisotopic (exact) mass is 212 g/mol. The van der Waals surface area contributed by atoms with Crippen LogP contribution in [0.25, 0.3) is 0 Å². The average Bonchev–Trinajstić information content (AvgIpc) is 1.89. The molecular formula is C5H9BrO2S. The van der Waals surface area contributed by atoms with Crippen molar-refractivity contribution in [1.29, 1.82) is 0 Å². The van der Waals surface area contributed by atoms with Gasteiger partial charge in [0.15, 0.2) is 0 Å². The van der Waals surface area contributed by atoms with E-state index in [1.807, 2.05) is 6.92 Å². The fourth-order valence-electron chi connectivity index (χ4n) is 0.213. The van der Waals surface area contributed by atoms with Crippen molar-refractivity contribution in [2.45, 2.75) is 13.3 Å². The lowest BCUT2D eigenvalue weighted by atomic mass is 10.6. The van der Waals surface area contributed by atoms with Crippen molar-refractivity contribution in [3.8, 4) is 0 Å². The molecule has 2 nitrogen and oxygen atoms in total. The van der Waals surface area contributed by atoms with Crippen LogP contribution in [0.15, 0.2) is 0 Å². The molecule has 4 heteroatoms. The first-order valence-corrected chi connectivity index (χ1v) is 4.72. The fraction of sp³-hybridized carbons (Fsp3) is 0.800. The predicted octanol–water partition coefficient (Wildman–Crippen LogP) is 1.98. The Morgan fingerprint density at radius 1 is 1.78 bits per heavy atom. The van der Waals surface area contributed by atoms with Gasteiger partial charge in [-0.1, -0.05) is 22.9 Å². The molecule has 0 aliphatic carbocycles. The summed E-state index contributed by atoms with van der Waals surface area (Å²) in [5.74, 6) is 0.659. The van der Waals surface area contributed by atoms with Crippen LogP contribution in [0.5, 0.6) is 0 Å². The molecule has 0 rings (SSSR count). The van der Waals surface area contributed by atoms with E-state index >= 15 is 0 Å². The first kappa shape index (κ1) is 9.30. The highest BCUT2D eigenvalue weighted by Crippen LogP contribution is 2.04. The standard InChI is InChI=1S/C5H9BrO2S/c1-2-3-9-8-5(7)4-6/h2-4H2,1H3. The van der Waals surface area contributed by atoms with Gasteiger partial charge < -0.3 is 4.18 Å². The summed E-state index contributed by atoms with van der Waals surface area (Å²) in [6, 6.07) is 0. The maximum atomic E-state index is 10.4. The number of hydrogen-bond donors (Lipinski definition) is 0. The van der Waals surface area contributed by atoms with Crippen LogP contribution in [0.3, 0.4) is 0 Å². The summed E-state index contributed by atoms with van der Waals surface area (Å²) < 4.78 is 4.66. The van der Waals surface area contributed by atoms with Gasteiger partial charge in [0.05, 0.1) is 12.0 Å². The SMILES string of the molecule is CCCSOC(=O)CBr. The summed E-state index contributed by atoms with van der Waals surface area (Å²) in [6.07, 6.45) is 1.03. The molecule has 0 heterocycles. The Balaban J connectivity index is 2.97. The van der Waals surface area contributed by atoms with Crippen LogP contribution in [0.1, 0.15) is 13.3 Å². The third kappa shape index (κ3) is 6.18. The van der Waals surface area contributed by atoms with Crippen molar-refractivity contribution in [3.63, 3.8) is 0 Å². The molecule has 0 atom stereocenters. The van der Waals surface area contributed by atoms with Gasteiger partial charge in [-0.2, -0.15) is 0 Å². The molecule has 0 unspecified atom stereocenters. The van der Waals surface area contributed by atoms with E-state index in [9.17, 15) is 4.79 Å². The van der Waals surface area contributed by atoms with E-state index in [4.69, 9.17) is 0 Å². The van der Waals surface area contributed by atoms with E-state index in [0.717, 1.165) is 12.2 Å². The molecule has 0 fully saturated rings. The van der Waals surface area contributed by atoms with Crippen LogP contribution < -0.4 is 0 Å². The number of carbonyl (C=O) groups is 1. The van der Waals surface area contributed by atoms with Crippen LogP contribution in [0.2, 0.25) is 0 Å². The highest BCUT2D eigenvalue weighted by atomic mass is 79.9. The van der Waals surface area contributed by atoms with Crippen molar-refractivity contribution in [2.24, 2.45) is 0 Å². The van der Waals surface area contributed by atoms with E-state index in [-0.39, 0.29) is 11.3 Å². The summed E-state index contributed by atoms with van der Waals surface area (Å²) in [4.78, 5) is 10.4. The summed E-state index contributed by atoms with van der Waals surface area (Å²) in [5.41, 5.74) is 0. The van der Waals surface area contributed by atoms with E-state index < -0.39 is 0 Å². The van der Waals surface area contributed by atoms with Gasteiger partial charge in [0.2, 0.25) is 0 Å². The molecule has 0 N–H and O–H groups in total. The van der Waals surface area contributed by atoms with Gasteiger partial charge in [0.1, 0.15) is 5.33 Å². The summed E-state index contributed by atoms with van der Waals surface area (Å²) in [7, 11) is 0. The number of carbonyl (C=O) groups excluding carboxylic acids is 1. The van der Waals surface area contributed by atoms with Gasteiger partial charge in [-0.25, -0.2) is 0 Å². The van der Waals surface area contributed by atoms with E-state index in [1.165, 1.54) is 12.0 Å². The van der Waals surface area contributed by atoms with Crippen molar-refractivity contribution < 1.29 is 8.98 Å². The Labute approximate surface area is 67.7 Å². The summed E-state index contributed by atoms with van der Waals surface area (Å²) >= 11 is 4.19. The molecule has 0 aliphatic heterocycles. The van der Waals surface area contributed by atoms with E-state index in [1.54, 1.807) is 0 Å². The largest absolute Gasteiger partial charge is 0.391 e. The number of alkyl halides is 1. The second-order valence-corrected chi connectivity index (χ2v) is 2.78. The van der Waals surface area contributed by atoms with Crippen molar-refractivity contribution >= 4 is 33.9 Å². The molecule has 0 aromatic carbocycles. The minimum Gasteiger partial charge on any atom is -0.391 e. The van der Waals surface area contributed by atoms with Crippen LogP contribution >= 0.6 is 28.0 Å². The first-order valence-electron chi connectivity index (χ1n) is 2.69. The van der Waals surface area contributed by atoms with Crippen LogP contribution in [-0.2, 0) is 8.98 Å². The predicted molar refractivity (Wildman–Crippen MR) is 42.6 cm³/mol. The fourth-order valence-corrected chi connectivity index (χ4v) is 0.919. The van der Waals surface area contributed by atoms with Gasteiger partial charge >= 0.3 is 5.97 Å². The lowest BCUT2D eigenvalue weighted by molar-refractivity contribution is -0.129. The quantitative estimate of drug-likeness (QED) is 0.405. The first-order chi connectivity index (χ1) is 4.31. The molecule has 54 valence electrons. The van der Waals surface area contributed by atoms with Crippen molar-refractivity contribution in [2.75, 3.05) is 11.1 Å². The molecule has 0 bridgehead atoms. The average molecular weight is 213 g/mol. The van der Waals surface area contributed by atoms with Gasteiger partial charge in [-0.3, -0.25) is 4.79 Å². The molecular weight excluding hydrogens is 204 g/mol. The van der Waals surface area contributed by atoms with Crippen molar-refractivity contribution in [3.05, 3.63) is 0 Å². The number of hydrogen-bond acceptors (Lipinski definition) is 3. The highest BCUT2D eigenvalue weighted by Gasteiger charge is 1.97. The maximum absolute atomic E-state index is 10.4. The number of rotatable bonds is 4. The normalized spacial score (nSPS) is 9.11. The minimum absolute atomic E-state index is 0.214. The molecule has 0 aromatic heterocycles. The summed E-state index contributed by atoms with van der Waals surface area (Å²) in [6.45, 7) is 2.04. The lowest BCUT2D eigenvalue weighted by Gasteiger charge is -1.96. The van der Waals surface area contributed by atoms with Gasteiger partial charge in [0, 0.05) is 5.75 Å². The van der Waals surface area contributed by atoms with Crippen LogP contribution in [-0.4, -0.2) is 17.1 Å². The Morgan fingerprint density at radius 3 is 2.89 bits per heavy atom. The molecule has 0 spiro atoms. The molecule has 0 radical (unpaired) electrons. The zero-order valence-electron chi connectivity index (χ0n) is 5.22. The topological polar surface area (TPSA) is 26.3 Å². The zero-order valence-corrected chi connectivity index (χ0v) is 7.63. The summed E-state index contributed by atoms with van der Waals surface area (Å²) in [5, 5.41) is 0.281. The molecule has 0 aliphatic rings. The van der Waals surface area contributed by atoms with Crippen LogP contribution in [0.4, 0.5) is 0 Å². The third-order valence-electron chi connectivity index (χ3n) is 0.548. The zero-order chi connectivity index (χ0) is 7.11. The van der Waals surface area contributed by atoms with Gasteiger partial charge in [0.25, 0.3) is 0 Å². The molecule has 0 amide bonds. The Kier molecular flexibility index (Phi) is 6.63. The van der Waals surface area contributed by atoms with Gasteiger partial charge in [-0.05, 0) is 6.42 Å².